The van der Waals surface area contributed by atoms with Crippen molar-refractivity contribution in [2.45, 2.75) is 39.3 Å². The number of furan rings is 1. The molecule has 0 spiro atoms. The molecule has 2 saturated heterocycles. The van der Waals surface area contributed by atoms with E-state index in [0.717, 1.165) is 80.1 Å². The monoisotopic (exact) mass is 441 g/mol. The number of likely N-dealkylation sites (tertiary alicyclic amines) is 1. The number of aryl methyl sites for hydroxylation is 2. The lowest BCUT2D eigenvalue weighted by Gasteiger charge is -2.27. The molecule has 0 aromatic carbocycles. The van der Waals surface area contributed by atoms with Crippen molar-refractivity contribution in [1.29, 1.82) is 0 Å². The summed E-state index contributed by atoms with van der Waals surface area (Å²) in [6, 6.07) is 4.28. The van der Waals surface area contributed by atoms with Gasteiger partial charge in [0.2, 0.25) is 0 Å². The van der Waals surface area contributed by atoms with E-state index in [2.05, 4.69) is 35.0 Å². The Hall–Kier alpha value is -2.00. The highest BCUT2D eigenvalue weighted by Gasteiger charge is 2.26. The SMILES string of the molecule is Cc1sc2nc(CN3CCOCC3)nc(NC[C@@H](c3ccco3)N3CCCC3)c2c1C. The smallest absolute Gasteiger partial charge is 0.146 e. The van der Waals surface area contributed by atoms with Gasteiger partial charge in [0.05, 0.1) is 37.4 Å². The van der Waals surface area contributed by atoms with E-state index in [0.29, 0.717) is 0 Å². The van der Waals surface area contributed by atoms with Gasteiger partial charge in [-0.2, -0.15) is 0 Å². The molecule has 0 saturated carbocycles. The predicted octanol–water partition coefficient (Wildman–Crippen LogP) is 3.98. The van der Waals surface area contributed by atoms with Crippen molar-refractivity contribution in [3.05, 3.63) is 40.4 Å². The van der Waals surface area contributed by atoms with Crippen LogP contribution < -0.4 is 5.32 Å². The molecule has 2 aliphatic rings. The van der Waals surface area contributed by atoms with E-state index in [1.807, 2.05) is 6.07 Å². The van der Waals surface area contributed by atoms with Crippen molar-refractivity contribution < 1.29 is 9.15 Å². The van der Waals surface area contributed by atoms with Gasteiger partial charge in [-0.05, 0) is 57.5 Å². The van der Waals surface area contributed by atoms with Crippen LogP contribution in [-0.2, 0) is 11.3 Å². The van der Waals surface area contributed by atoms with E-state index < -0.39 is 0 Å². The van der Waals surface area contributed by atoms with Crippen molar-refractivity contribution in [2.24, 2.45) is 0 Å². The normalized spacial score (nSPS) is 19.3. The van der Waals surface area contributed by atoms with Crippen LogP contribution in [0.5, 0.6) is 0 Å². The van der Waals surface area contributed by atoms with E-state index in [9.17, 15) is 0 Å². The fourth-order valence-electron chi connectivity index (χ4n) is 4.59. The van der Waals surface area contributed by atoms with Gasteiger partial charge >= 0.3 is 0 Å². The first-order chi connectivity index (χ1) is 15.2. The van der Waals surface area contributed by atoms with Gasteiger partial charge in [-0.1, -0.05) is 0 Å². The molecule has 166 valence electrons. The minimum absolute atomic E-state index is 0.213. The molecule has 7 nitrogen and oxygen atoms in total. The Morgan fingerprint density at radius 3 is 2.68 bits per heavy atom. The number of thiophene rings is 1. The summed E-state index contributed by atoms with van der Waals surface area (Å²) in [6.45, 7) is 11.5. The Morgan fingerprint density at radius 2 is 1.94 bits per heavy atom. The summed E-state index contributed by atoms with van der Waals surface area (Å²) >= 11 is 1.76. The van der Waals surface area contributed by atoms with Crippen molar-refractivity contribution in [3.8, 4) is 0 Å². The summed E-state index contributed by atoms with van der Waals surface area (Å²) < 4.78 is 11.3. The van der Waals surface area contributed by atoms with Gasteiger partial charge in [-0.25, -0.2) is 9.97 Å². The Balaban J connectivity index is 1.42. The van der Waals surface area contributed by atoms with Gasteiger partial charge in [-0.15, -0.1) is 11.3 Å². The van der Waals surface area contributed by atoms with Crippen LogP contribution in [0.25, 0.3) is 10.2 Å². The molecular weight excluding hydrogens is 410 g/mol. The van der Waals surface area contributed by atoms with Crippen LogP contribution in [0.3, 0.4) is 0 Å². The number of nitrogens with zero attached hydrogens (tertiary/aromatic N) is 4. The lowest BCUT2D eigenvalue weighted by molar-refractivity contribution is 0.0331. The molecule has 5 rings (SSSR count). The standard InChI is InChI=1S/C23H31N5O2S/c1-16-17(2)31-23-21(16)22(25-20(26-23)15-27-9-12-29-13-10-27)24-14-18(19-6-5-11-30-19)28-7-3-4-8-28/h5-6,11,18H,3-4,7-10,12-15H2,1-2H3,(H,24,25,26)/t18-/m0/s1. The second kappa shape index (κ2) is 9.24. The fraction of sp³-hybridized carbons (Fsp3) is 0.565. The van der Waals surface area contributed by atoms with Crippen LogP contribution in [0, 0.1) is 13.8 Å². The van der Waals surface area contributed by atoms with Crippen molar-refractivity contribution >= 4 is 27.4 Å². The first-order valence-corrected chi connectivity index (χ1v) is 12.1. The molecule has 1 N–H and O–H groups in total. The number of ether oxygens (including phenoxy) is 1. The van der Waals surface area contributed by atoms with Crippen molar-refractivity contribution in [3.63, 3.8) is 0 Å². The molecule has 0 bridgehead atoms. The van der Waals surface area contributed by atoms with E-state index in [-0.39, 0.29) is 6.04 Å². The Labute approximate surface area is 187 Å². The van der Waals surface area contributed by atoms with Crippen LogP contribution in [0.15, 0.2) is 22.8 Å². The molecule has 3 aromatic rings. The van der Waals surface area contributed by atoms with E-state index in [4.69, 9.17) is 19.1 Å². The summed E-state index contributed by atoms with van der Waals surface area (Å²) in [4.78, 5) is 17.2. The molecule has 0 aliphatic carbocycles. The summed E-state index contributed by atoms with van der Waals surface area (Å²) in [5.74, 6) is 2.85. The quantitative estimate of drug-likeness (QED) is 0.595. The molecule has 3 aromatic heterocycles. The second-order valence-electron chi connectivity index (χ2n) is 8.50. The Morgan fingerprint density at radius 1 is 1.13 bits per heavy atom. The van der Waals surface area contributed by atoms with Gasteiger partial charge < -0.3 is 14.5 Å². The zero-order valence-electron chi connectivity index (χ0n) is 18.4. The number of rotatable bonds is 7. The van der Waals surface area contributed by atoms with Gasteiger partial charge in [0.15, 0.2) is 0 Å². The summed E-state index contributed by atoms with van der Waals surface area (Å²) in [5.41, 5.74) is 1.27. The average molecular weight is 442 g/mol. The Kier molecular flexibility index (Phi) is 6.22. The maximum Gasteiger partial charge on any atom is 0.146 e. The van der Waals surface area contributed by atoms with Crippen molar-refractivity contribution in [1.82, 2.24) is 19.8 Å². The van der Waals surface area contributed by atoms with E-state index >= 15 is 0 Å². The Bertz CT molecular complexity index is 1010. The number of aromatic nitrogens is 2. The molecule has 2 fully saturated rings. The number of fused-ring (bicyclic) bond motifs is 1. The first-order valence-electron chi connectivity index (χ1n) is 11.3. The number of hydrogen-bond acceptors (Lipinski definition) is 8. The van der Waals surface area contributed by atoms with Crippen LogP contribution in [0.2, 0.25) is 0 Å². The van der Waals surface area contributed by atoms with Crippen LogP contribution >= 0.6 is 11.3 Å². The molecule has 2 aliphatic heterocycles. The third-order valence-corrected chi connectivity index (χ3v) is 7.56. The minimum atomic E-state index is 0.213. The second-order valence-corrected chi connectivity index (χ2v) is 9.70. The van der Waals surface area contributed by atoms with Crippen LogP contribution in [0.1, 0.15) is 40.9 Å². The summed E-state index contributed by atoms with van der Waals surface area (Å²) in [6.07, 6.45) is 4.27. The van der Waals surface area contributed by atoms with Crippen LogP contribution in [0.4, 0.5) is 5.82 Å². The molecule has 5 heterocycles. The van der Waals surface area contributed by atoms with Gasteiger partial charge in [-0.3, -0.25) is 9.80 Å². The minimum Gasteiger partial charge on any atom is -0.468 e. The highest BCUT2D eigenvalue weighted by Crippen LogP contribution is 2.34. The number of morpholine rings is 1. The molecule has 1 atom stereocenters. The van der Waals surface area contributed by atoms with E-state index in [1.54, 1.807) is 17.6 Å². The molecule has 31 heavy (non-hydrogen) atoms. The van der Waals surface area contributed by atoms with Gasteiger partial charge in [0.1, 0.15) is 22.2 Å². The number of anilines is 1. The summed E-state index contributed by atoms with van der Waals surface area (Å²) in [7, 11) is 0. The molecule has 0 radical (unpaired) electrons. The number of nitrogens with one attached hydrogen (secondary N) is 1. The average Bonchev–Trinajstić information content (AvgIpc) is 3.53. The molecule has 0 unspecified atom stereocenters. The topological polar surface area (TPSA) is 66.7 Å². The first kappa shape index (κ1) is 20.9. The maximum atomic E-state index is 5.81. The third kappa shape index (κ3) is 4.48. The molecule has 0 amide bonds. The zero-order chi connectivity index (χ0) is 21.2. The number of hydrogen-bond donors (Lipinski definition) is 1. The largest absolute Gasteiger partial charge is 0.468 e. The zero-order valence-corrected chi connectivity index (χ0v) is 19.2. The maximum absolute atomic E-state index is 5.81. The predicted molar refractivity (Wildman–Crippen MR) is 124 cm³/mol. The lowest BCUT2D eigenvalue weighted by atomic mass is 10.1. The van der Waals surface area contributed by atoms with Crippen LogP contribution in [-0.4, -0.2) is 65.7 Å². The molecule has 8 heteroatoms. The fourth-order valence-corrected chi connectivity index (χ4v) is 5.64. The van der Waals surface area contributed by atoms with Gasteiger partial charge in [0.25, 0.3) is 0 Å². The highest BCUT2D eigenvalue weighted by molar-refractivity contribution is 7.18. The summed E-state index contributed by atoms with van der Waals surface area (Å²) in [5, 5.41) is 4.86. The third-order valence-electron chi connectivity index (χ3n) is 6.46. The lowest BCUT2D eigenvalue weighted by Crippen LogP contribution is -2.36. The highest BCUT2D eigenvalue weighted by atomic mass is 32.1. The van der Waals surface area contributed by atoms with E-state index in [1.165, 1.54) is 23.3 Å². The van der Waals surface area contributed by atoms with Crippen molar-refractivity contribution in [2.75, 3.05) is 51.3 Å². The van der Waals surface area contributed by atoms with Gasteiger partial charge in [0, 0.05) is 24.5 Å². The molecular formula is C23H31N5O2S.